The van der Waals surface area contributed by atoms with Crippen LogP contribution in [-0.4, -0.2) is 11.8 Å². The highest BCUT2D eigenvalue weighted by Gasteiger charge is 2.36. The molecule has 106 valence electrons. The standard InChI is InChI=1S/C16H21ClF2/c1-12-4-2-6-14(8-12)15(11-17)9-13-5-3-7-16(18,19)10-13/h2,4,6,8,13,15H,3,5,7,9-11H2,1H3. The van der Waals surface area contributed by atoms with Crippen molar-refractivity contribution < 1.29 is 8.78 Å². The van der Waals surface area contributed by atoms with E-state index in [4.69, 9.17) is 11.6 Å². The second kappa shape index (κ2) is 6.21. The first-order chi connectivity index (χ1) is 9.00. The molecule has 2 rings (SSSR count). The Morgan fingerprint density at radius 2 is 2.21 bits per heavy atom. The van der Waals surface area contributed by atoms with E-state index in [1.807, 2.05) is 19.1 Å². The lowest BCUT2D eigenvalue weighted by molar-refractivity contribution is -0.0542. The summed E-state index contributed by atoms with van der Waals surface area (Å²) in [7, 11) is 0. The molecule has 0 spiro atoms. The Morgan fingerprint density at radius 3 is 2.84 bits per heavy atom. The van der Waals surface area contributed by atoms with E-state index in [0.29, 0.717) is 12.3 Å². The van der Waals surface area contributed by atoms with Crippen LogP contribution in [-0.2, 0) is 0 Å². The molecule has 0 bridgehead atoms. The SMILES string of the molecule is Cc1cccc(C(CCl)CC2CCCC(F)(F)C2)c1. The maximum atomic E-state index is 13.4. The second-order valence-electron chi connectivity index (χ2n) is 5.82. The van der Waals surface area contributed by atoms with Crippen molar-refractivity contribution in [2.45, 2.75) is 50.9 Å². The van der Waals surface area contributed by atoms with Crippen LogP contribution < -0.4 is 0 Å². The molecule has 2 atom stereocenters. The van der Waals surface area contributed by atoms with Gasteiger partial charge in [0.2, 0.25) is 5.92 Å². The zero-order chi connectivity index (χ0) is 13.9. The third kappa shape index (κ3) is 4.17. The first-order valence-electron chi connectivity index (χ1n) is 7.00. The quantitative estimate of drug-likeness (QED) is 0.638. The van der Waals surface area contributed by atoms with Crippen LogP contribution in [0.3, 0.4) is 0 Å². The summed E-state index contributed by atoms with van der Waals surface area (Å²) in [5, 5.41) is 0. The lowest BCUT2D eigenvalue weighted by atomic mass is 9.79. The van der Waals surface area contributed by atoms with Crippen molar-refractivity contribution in [2.24, 2.45) is 5.92 Å². The Kier molecular flexibility index (Phi) is 4.83. The number of aryl methyl sites for hydroxylation is 1. The average Bonchev–Trinajstić information content (AvgIpc) is 2.35. The molecule has 0 nitrogen and oxygen atoms in total. The average molecular weight is 287 g/mol. The van der Waals surface area contributed by atoms with Crippen LogP contribution in [0.4, 0.5) is 8.78 Å². The number of hydrogen-bond acceptors (Lipinski definition) is 0. The third-order valence-electron chi connectivity index (χ3n) is 4.06. The highest BCUT2D eigenvalue weighted by Crippen LogP contribution is 2.41. The zero-order valence-electron chi connectivity index (χ0n) is 11.3. The molecule has 1 aliphatic carbocycles. The fourth-order valence-electron chi connectivity index (χ4n) is 3.09. The van der Waals surface area contributed by atoms with Crippen molar-refractivity contribution in [2.75, 3.05) is 5.88 Å². The van der Waals surface area contributed by atoms with E-state index >= 15 is 0 Å². The minimum absolute atomic E-state index is 0.0339. The molecule has 1 aromatic rings. The van der Waals surface area contributed by atoms with Crippen LogP contribution in [0.5, 0.6) is 0 Å². The lowest BCUT2D eigenvalue weighted by Crippen LogP contribution is -2.27. The number of hydrogen-bond donors (Lipinski definition) is 0. The van der Waals surface area contributed by atoms with Crippen LogP contribution in [0, 0.1) is 12.8 Å². The summed E-state index contributed by atoms with van der Waals surface area (Å²) in [4.78, 5) is 0. The van der Waals surface area contributed by atoms with Gasteiger partial charge in [-0.2, -0.15) is 0 Å². The van der Waals surface area contributed by atoms with Gasteiger partial charge in [-0.25, -0.2) is 8.78 Å². The molecule has 0 amide bonds. The Bertz CT molecular complexity index is 417. The van der Waals surface area contributed by atoms with Crippen LogP contribution in [0.2, 0.25) is 0 Å². The van der Waals surface area contributed by atoms with E-state index in [-0.39, 0.29) is 24.7 Å². The van der Waals surface area contributed by atoms with E-state index in [1.165, 1.54) is 11.1 Å². The number of alkyl halides is 3. The summed E-state index contributed by atoms with van der Waals surface area (Å²) in [6.07, 6.45) is 2.42. The molecule has 0 aromatic heterocycles. The summed E-state index contributed by atoms with van der Waals surface area (Å²) >= 11 is 6.06. The van der Waals surface area contributed by atoms with Gasteiger partial charge in [0, 0.05) is 18.7 Å². The van der Waals surface area contributed by atoms with Gasteiger partial charge in [0.1, 0.15) is 0 Å². The molecule has 19 heavy (non-hydrogen) atoms. The molecule has 0 N–H and O–H groups in total. The number of rotatable bonds is 4. The van der Waals surface area contributed by atoms with Crippen molar-refractivity contribution in [1.29, 1.82) is 0 Å². The molecule has 0 heterocycles. The van der Waals surface area contributed by atoms with Crippen LogP contribution in [0.25, 0.3) is 0 Å². The van der Waals surface area contributed by atoms with Gasteiger partial charge in [0.05, 0.1) is 0 Å². The summed E-state index contributed by atoms with van der Waals surface area (Å²) < 4.78 is 26.9. The maximum Gasteiger partial charge on any atom is 0.248 e. The number of halogens is 3. The zero-order valence-corrected chi connectivity index (χ0v) is 12.1. The van der Waals surface area contributed by atoms with Crippen LogP contribution >= 0.6 is 11.6 Å². The number of benzene rings is 1. The summed E-state index contributed by atoms with van der Waals surface area (Å²) in [5.41, 5.74) is 2.38. The van der Waals surface area contributed by atoms with Gasteiger partial charge in [-0.15, -0.1) is 11.6 Å². The topological polar surface area (TPSA) is 0 Å². The fraction of sp³-hybridized carbons (Fsp3) is 0.625. The molecule has 2 unspecified atom stereocenters. The van der Waals surface area contributed by atoms with Gasteiger partial charge >= 0.3 is 0 Å². The minimum atomic E-state index is -2.47. The fourth-order valence-corrected chi connectivity index (χ4v) is 3.40. The Balaban J connectivity index is 2.03. The molecular weight excluding hydrogens is 266 g/mol. The maximum absolute atomic E-state index is 13.4. The highest BCUT2D eigenvalue weighted by molar-refractivity contribution is 6.18. The normalized spacial score (nSPS) is 24.1. The summed E-state index contributed by atoms with van der Waals surface area (Å²) in [6.45, 7) is 2.05. The van der Waals surface area contributed by atoms with E-state index in [1.54, 1.807) is 0 Å². The molecule has 1 aromatic carbocycles. The van der Waals surface area contributed by atoms with E-state index in [0.717, 1.165) is 12.8 Å². The van der Waals surface area contributed by atoms with Gasteiger partial charge < -0.3 is 0 Å². The smallest absolute Gasteiger partial charge is 0.207 e. The first kappa shape index (κ1) is 14.8. The predicted molar refractivity (Wildman–Crippen MR) is 76.2 cm³/mol. The second-order valence-corrected chi connectivity index (χ2v) is 6.13. The minimum Gasteiger partial charge on any atom is -0.207 e. The molecule has 0 saturated heterocycles. The highest BCUT2D eigenvalue weighted by atomic mass is 35.5. The van der Waals surface area contributed by atoms with Crippen molar-refractivity contribution in [3.05, 3.63) is 35.4 Å². The molecule has 0 aliphatic heterocycles. The van der Waals surface area contributed by atoms with Gasteiger partial charge in [0.25, 0.3) is 0 Å². The van der Waals surface area contributed by atoms with E-state index in [2.05, 4.69) is 12.1 Å². The third-order valence-corrected chi connectivity index (χ3v) is 4.43. The molecule has 1 saturated carbocycles. The Morgan fingerprint density at radius 1 is 1.42 bits per heavy atom. The molecular formula is C16H21ClF2. The monoisotopic (exact) mass is 286 g/mol. The lowest BCUT2D eigenvalue weighted by Gasteiger charge is -2.31. The van der Waals surface area contributed by atoms with Crippen molar-refractivity contribution in [3.63, 3.8) is 0 Å². The molecule has 1 fully saturated rings. The van der Waals surface area contributed by atoms with Gasteiger partial charge in [-0.3, -0.25) is 0 Å². The predicted octanol–water partition coefficient (Wildman–Crippen LogP) is 5.53. The van der Waals surface area contributed by atoms with Gasteiger partial charge in [-0.1, -0.05) is 29.8 Å². The summed E-state index contributed by atoms with van der Waals surface area (Å²) in [5.74, 6) is -1.66. The van der Waals surface area contributed by atoms with Crippen molar-refractivity contribution in [1.82, 2.24) is 0 Å². The molecule has 0 radical (unpaired) electrons. The van der Waals surface area contributed by atoms with Crippen molar-refractivity contribution >= 4 is 11.6 Å². The van der Waals surface area contributed by atoms with Gasteiger partial charge in [-0.05, 0) is 43.6 Å². The molecule has 1 aliphatic rings. The molecule has 3 heteroatoms. The van der Waals surface area contributed by atoms with E-state index in [9.17, 15) is 8.78 Å². The Labute approximate surface area is 119 Å². The first-order valence-corrected chi connectivity index (χ1v) is 7.54. The van der Waals surface area contributed by atoms with Gasteiger partial charge in [0.15, 0.2) is 0 Å². The van der Waals surface area contributed by atoms with E-state index < -0.39 is 5.92 Å². The summed E-state index contributed by atoms with van der Waals surface area (Å²) in [6, 6.07) is 8.23. The Hall–Kier alpha value is -0.630. The largest absolute Gasteiger partial charge is 0.248 e. The van der Waals surface area contributed by atoms with Crippen LogP contribution in [0.15, 0.2) is 24.3 Å². The van der Waals surface area contributed by atoms with Crippen molar-refractivity contribution in [3.8, 4) is 0 Å². The van der Waals surface area contributed by atoms with Crippen LogP contribution in [0.1, 0.15) is 49.1 Å².